The van der Waals surface area contributed by atoms with E-state index in [4.69, 9.17) is 23.7 Å². The van der Waals surface area contributed by atoms with E-state index in [0.29, 0.717) is 89.0 Å². The van der Waals surface area contributed by atoms with E-state index < -0.39 is 0 Å². The highest BCUT2D eigenvalue weighted by atomic mass is 16.7. The van der Waals surface area contributed by atoms with Crippen molar-refractivity contribution >= 4 is 23.4 Å². The van der Waals surface area contributed by atoms with Crippen molar-refractivity contribution in [2.75, 3.05) is 84.4 Å². The number of nitrogens with one attached hydrogen (secondary N) is 2. The first-order valence-corrected chi connectivity index (χ1v) is 22.3. The third-order valence-electron chi connectivity index (χ3n) is 12.8. The molecule has 1 saturated carbocycles. The van der Waals surface area contributed by atoms with E-state index >= 15 is 0 Å². The van der Waals surface area contributed by atoms with Crippen LogP contribution in [0.4, 0.5) is 5.69 Å². The molecule has 5 aliphatic rings. The van der Waals surface area contributed by atoms with Crippen LogP contribution >= 0.6 is 0 Å². The average molecular weight is 840 g/mol. The minimum absolute atomic E-state index is 0.00602. The van der Waals surface area contributed by atoms with Gasteiger partial charge in [-0.05, 0) is 85.5 Å². The molecule has 61 heavy (non-hydrogen) atoms. The minimum atomic E-state index is -0.293. The maximum Gasteiger partial charge on any atom is 0.262 e. The van der Waals surface area contributed by atoms with Gasteiger partial charge in [0.15, 0.2) is 23.9 Å². The number of likely N-dealkylation sites (tertiary alicyclic amines) is 1. The number of nitrogens with zero attached hydrogens (tertiary/aromatic N) is 3. The van der Waals surface area contributed by atoms with Crippen LogP contribution in [0.3, 0.4) is 0 Å². The molecule has 1 aliphatic carbocycles. The van der Waals surface area contributed by atoms with E-state index in [1.54, 1.807) is 6.07 Å². The van der Waals surface area contributed by atoms with Gasteiger partial charge in [-0.1, -0.05) is 55.7 Å². The van der Waals surface area contributed by atoms with Gasteiger partial charge >= 0.3 is 0 Å². The van der Waals surface area contributed by atoms with Crippen LogP contribution in [0.25, 0.3) is 0 Å². The molecule has 0 bridgehead atoms. The standard InChI is InChI=1S/C47H61N5O9/c53-39-11-10-37(46-45(39)49-42(54)31-58-46)13-18-48-19-22-52(38-7-2-1-3-8-38)43(55)15-25-57-24-14-34-5-4-6-36(27-34)30-50-20-16-47(17-21-50)32-51(23-26-61-47)44(56)29-35-9-12-40-41(28-35)60-33-59-40/h4-6,9-12,27-28,38,48,53H,1-3,7-8,13-26,29-33H2,(H,49,54). The summed E-state index contributed by atoms with van der Waals surface area (Å²) in [6, 6.07) is 18.1. The van der Waals surface area contributed by atoms with Gasteiger partial charge in [-0.2, -0.15) is 0 Å². The average Bonchev–Trinajstić information content (AvgIpc) is 3.75. The molecule has 3 fully saturated rings. The Hall–Kier alpha value is -4.89. The summed E-state index contributed by atoms with van der Waals surface area (Å²) in [5.74, 6) is 1.93. The van der Waals surface area contributed by atoms with Gasteiger partial charge in [0.05, 0.1) is 38.3 Å². The van der Waals surface area contributed by atoms with Gasteiger partial charge in [-0.25, -0.2) is 0 Å². The van der Waals surface area contributed by atoms with Crippen molar-refractivity contribution in [3.05, 3.63) is 76.9 Å². The fourth-order valence-electron chi connectivity index (χ4n) is 9.42. The Bertz CT molecular complexity index is 2000. The number of hydrogen-bond acceptors (Lipinski definition) is 11. The molecule has 3 N–H and O–H groups in total. The second-order valence-electron chi connectivity index (χ2n) is 17.1. The van der Waals surface area contributed by atoms with Crippen LogP contribution in [0.2, 0.25) is 0 Å². The van der Waals surface area contributed by atoms with Crippen LogP contribution in [0.15, 0.2) is 54.6 Å². The second-order valence-corrected chi connectivity index (χ2v) is 17.1. The van der Waals surface area contributed by atoms with Crippen LogP contribution in [0, 0.1) is 0 Å². The first-order valence-electron chi connectivity index (χ1n) is 22.3. The van der Waals surface area contributed by atoms with Crippen LogP contribution in [-0.4, -0.2) is 128 Å². The monoisotopic (exact) mass is 839 g/mol. The van der Waals surface area contributed by atoms with Crippen LogP contribution in [0.1, 0.15) is 73.6 Å². The van der Waals surface area contributed by atoms with Crippen molar-refractivity contribution in [2.24, 2.45) is 0 Å². The normalized spacial score (nSPS) is 18.7. The lowest BCUT2D eigenvalue weighted by Gasteiger charge is -2.47. The largest absolute Gasteiger partial charge is 0.506 e. The number of hydrogen-bond donors (Lipinski definition) is 3. The Morgan fingerprint density at radius 2 is 1.74 bits per heavy atom. The summed E-state index contributed by atoms with van der Waals surface area (Å²) in [5.41, 5.74) is 4.38. The predicted molar refractivity (Wildman–Crippen MR) is 229 cm³/mol. The molecule has 0 unspecified atom stereocenters. The number of anilines is 1. The topological polar surface area (TPSA) is 151 Å². The molecule has 0 aromatic heterocycles. The SMILES string of the molecule is O=C1COc2c(CCNCCN(C(=O)CCOCCc3cccc(CN4CCC5(CC4)CN(C(=O)Cc4ccc6c(c4)OCO6)CCO5)c3)C3CCCCC3)ccc(O)c2N1. The van der Waals surface area contributed by atoms with Gasteiger partial charge in [-0.3, -0.25) is 19.3 Å². The highest BCUT2D eigenvalue weighted by Crippen LogP contribution is 2.39. The van der Waals surface area contributed by atoms with Crippen LogP contribution in [-0.2, 0) is 49.7 Å². The van der Waals surface area contributed by atoms with Gasteiger partial charge in [0.25, 0.3) is 5.91 Å². The summed E-state index contributed by atoms with van der Waals surface area (Å²) in [4.78, 5) is 45.2. The lowest BCUT2D eigenvalue weighted by Crippen LogP contribution is -2.58. The molecule has 0 radical (unpaired) electrons. The van der Waals surface area contributed by atoms with Gasteiger partial charge in [0, 0.05) is 51.9 Å². The van der Waals surface area contributed by atoms with Crippen molar-refractivity contribution in [3.8, 4) is 23.0 Å². The number of carbonyl (C=O) groups excluding carboxylic acids is 3. The van der Waals surface area contributed by atoms with Crippen molar-refractivity contribution in [2.45, 2.75) is 88.8 Å². The van der Waals surface area contributed by atoms with E-state index in [2.05, 4.69) is 44.7 Å². The zero-order valence-electron chi connectivity index (χ0n) is 35.3. The second kappa shape index (κ2) is 20.3. The Morgan fingerprint density at radius 3 is 2.61 bits per heavy atom. The number of piperidine rings is 1. The minimum Gasteiger partial charge on any atom is -0.506 e. The van der Waals surface area contributed by atoms with Crippen molar-refractivity contribution in [3.63, 3.8) is 0 Å². The summed E-state index contributed by atoms with van der Waals surface area (Å²) in [5, 5.41) is 16.3. The Labute approximate surface area is 358 Å². The number of phenolic OH excluding ortho intramolecular Hbond substituents is 1. The molecule has 3 amide bonds. The molecule has 4 heterocycles. The fraction of sp³-hybridized carbons (Fsp3) is 0.553. The maximum atomic E-state index is 13.6. The zero-order chi connectivity index (χ0) is 42.0. The number of benzene rings is 3. The number of phenols is 1. The number of amides is 3. The van der Waals surface area contributed by atoms with Crippen molar-refractivity contribution in [1.82, 2.24) is 20.0 Å². The predicted octanol–water partition coefficient (Wildman–Crippen LogP) is 4.83. The molecule has 1 spiro atoms. The molecule has 14 nitrogen and oxygen atoms in total. The third-order valence-corrected chi connectivity index (χ3v) is 12.8. The van der Waals surface area contributed by atoms with Gasteiger partial charge in [0.1, 0.15) is 11.4 Å². The number of aromatic hydroxyl groups is 1. The molecule has 3 aromatic rings. The first kappa shape index (κ1) is 42.8. The fourth-order valence-corrected chi connectivity index (χ4v) is 9.42. The summed E-state index contributed by atoms with van der Waals surface area (Å²) in [6.07, 6.45) is 9.55. The quantitative estimate of drug-likeness (QED) is 0.127. The van der Waals surface area contributed by atoms with E-state index in [-0.39, 0.29) is 48.5 Å². The smallest absolute Gasteiger partial charge is 0.262 e. The molecule has 2 saturated heterocycles. The Balaban J connectivity index is 0.735. The van der Waals surface area contributed by atoms with Crippen molar-refractivity contribution < 1.29 is 43.2 Å². The molecule has 0 atom stereocenters. The van der Waals surface area contributed by atoms with E-state index in [1.165, 1.54) is 17.5 Å². The lowest BCUT2D eigenvalue weighted by molar-refractivity contribution is -0.159. The highest BCUT2D eigenvalue weighted by Gasteiger charge is 2.41. The number of ether oxygens (including phenoxy) is 5. The molecule has 14 heteroatoms. The van der Waals surface area contributed by atoms with E-state index in [9.17, 15) is 19.5 Å². The first-order chi connectivity index (χ1) is 29.8. The molecular formula is C47H61N5O9. The molecular weight excluding hydrogens is 779 g/mol. The van der Waals surface area contributed by atoms with E-state index in [1.807, 2.05) is 29.2 Å². The summed E-state index contributed by atoms with van der Waals surface area (Å²) in [6.45, 7) is 7.61. The zero-order valence-corrected chi connectivity index (χ0v) is 35.3. The molecule has 3 aromatic carbocycles. The van der Waals surface area contributed by atoms with Gasteiger partial charge < -0.3 is 49.2 Å². The third kappa shape index (κ3) is 11.1. The lowest BCUT2D eigenvalue weighted by atomic mass is 9.89. The Morgan fingerprint density at radius 1 is 0.902 bits per heavy atom. The van der Waals surface area contributed by atoms with Crippen LogP contribution in [0.5, 0.6) is 23.0 Å². The highest BCUT2D eigenvalue weighted by molar-refractivity contribution is 5.97. The van der Waals surface area contributed by atoms with Gasteiger partial charge in [-0.15, -0.1) is 0 Å². The number of carbonyl (C=O) groups is 3. The van der Waals surface area contributed by atoms with Crippen molar-refractivity contribution in [1.29, 1.82) is 0 Å². The maximum absolute atomic E-state index is 13.6. The number of fused-ring (bicyclic) bond motifs is 2. The number of morpholine rings is 1. The van der Waals surface area contributed by atoms with Gasteiger partial charge in [0.2, 0.25) is 18.6 Å². The number of rotatable bonds is 17. The molecule has 8 rings (SSSR count). The summed E-state index contributed by atoms with van der Waals surface area (Å²) < 4.78 is 29.0. The summed E-state index contributed by atoms with van der Waals surface area (Å²) in [7, 11) is 0. The van der Waals surface area contributed by atoms with Crippen LogP contribution < -0.4 is 24.8 Å². The molecule has 328 valence electrons. The van der Waals surface area contributed by atoms with E-state index in [0.717, 1.165) is 81.5 Å². The molecule has 4 aliphatic heterocycles. The summed E-state index contributed by atoms with van der Waals surface area (Å²) >= 11 is 0. The Kier molecular flexibility index (Phi) is 14.3.